The summed E-state index contributed by atoms with van der Waals surface area (Å²) < 4.78 is 6.63. The van der Waals surface area contributed by atoms with Crippen molar-refractivity contribution in [3.8, 4) is 0 Å². The average molecular weight is 681 g/mol. The molecule has 3 amide bonds. The van der Waals surface area contributed by atoms with Crippen molar-refractivity contribution >= 4 is 23.4 Å². The Hall–Kier alpha value is -3.49. The zero-order chi connectivity index (χ0) is 35.0. The first-order chi connectivity index (χ1) is 24.1. The maximum absolute atomic E-state index is 14.5. The molecule has 8 atom stereocenters. The predicted octanol–water partition coefficient (Wildman–Crippen LogP) is 6.18. The molecule has 1 aliphatic carbocycles. The second-order valence-corrected chi connectivity index (χ2v) is 16.2. The highest BCUT2D eigenvalue weighted by Crippen LogP contribution is 2.55. The van der Waals surface area contributed by atoms with Crippen LogP contribution in [-0.4, -0.2) is 77.5 Å². The Morgan fingerprint density at radius 2 is 1.68 bits per heavy atom. The number of carbonyl (C=O) groups excluding carboxylic acids is 3. The lowest BCUT2D eigenvalue weighted by Gasteiger charge is -2.38. The largest absolute Gasteiger partial charge is 0.359 e. The summed E-state index contributed by atoms with van der Waals surface area (Å²) in [5, 5.41) is 6.46. The summed E-state index contributed by atoms with van der Waals surface area (Å²) in [6.45, 7) is 12.2. The van der Waals surface area contributed by atoms with Gasteiger partial charge in [0.05, 0.1) is 17.9 Å². The van der Waals surface area contributed by atoms with Crippen LogP contribution in [-0.2, 0) is 25.5 Å². The zero-order valence-electron chi connectivity index (χ0n) is 30.4. The first kappa shape index (κ1) is 34.9. The summed E-state index contributed by atoms with van der Waals surface area (Å²) in [5.41, 5.74) is 2.16. The summed E-state index contributed by atoms with van der Waals surface area (Å²) in [6.07, 6.45) is 10.7. The number of benzene rings is 2. The Bertz CT molecular complexity index is 1550. The number of rotatable bonds is 11. The molecule has 4 fully saturated rings. The van der Waals surface area contributed by atoms with Gasteiger partial charge in [0.1, 0.15) is 11.6 Å². The Morgan fingerprint density at radius 1 is 0.940 bits per heavy atom. The van der Waals surface area contributed by atoms with Crippen LogP contribution in [0.3, 0.4) is 0 Å². The molecule has 3 saturated heterocycles. The second kappa shape index (κ2) is 14.6. The van der Waals surface area contributed by atoms with E-state index in [2.05, 4.69) is 73.6 Å². The fourth-order valence-electron chi connectivity index (χ4n) is 9.56. The molecule has 5 aliphatic rings. The zero-order valence-corrected chi connectivity index (χ0v) is 30.4. The van der Waals surface area contributed by atoms with Gasteiger partial charge in [-0.1, -0.05) is 95.2 Å². The van der Waals surface area contributed by atoms with Crippen LogP contribution in [0.2, 0.25) is 0 Å². The van der Waals surface area contributed by atoms with Crippen LogP contribution in [0.4, 0.5) is 5.69 Å². The van der Waals surface area contributed by atoms with Crippen molar-refractivity contribution in [1.82, 2.24) is 15.1 Å². The Labute approximate surface area is 298 Å². The lowest BCUT2D eigenvalue weighted by molar-refractivity contribution is -0.141. The third-order valence-corrected chi connectivity index (χ3v) is 12.8. The highest BCUT2D eigenvalue weighted by molar-refractivity contribution is 6.02. The van der Waals surface area contributed by atoms with Gasteiger partial charge in [-0.2, -0.15) is 0 Å². The van der Waals surface area contributed by atoms with Crippen molar-refractivity contribution in [2.75, 3.05) is 31.5 Å². The normalized spacial score (nSPS) is 32.5. The van der Waals surface area contributed by atoms with Crippen molar-refractivity contribution in [1.29, 1.82) is 0 Å². The van der Waals surface area contributed by atoms with Crippen LogP contribution < -0.4 is 10.6 Å². The number of likely N-dealkylation sites (tertiary alicyclic amines) is 2. The molecule has 0 aromatic heterocycles. The molecule has 268 valence electrons. The van der Waals surface area contributed by atoms with E-state index in [1.54, 1.807) is 4.90 Å². The molecule has 2 aromatic rings. The third-order valence-electron chi connectivity index (χ3n) is 12.8. The van der Waals surface area contributed by atoms with Gasteiger partial charge in [-0.3, -0.25) is 14.4 Å². The van der Waals surface area contributed by atoms with Crippen molar-refractivity contribution in [2.24, 2.45) is 29.6 Å². The number of amides is 3. The van der Waals surface area contributed by atoms with Gasteiger partial charge in [0.25, 0.3) is 0 Å². The number of hydrogen-bond donors (Lipinski definition) is 2. The van der Waals surface area contributed by atoms with E-state index in [1.165, 1.54) is 30.4 Å². The van der Waals surface area contributed by atoms with E-state index in [4.69, 9.17) is 4.74 Å². The van der Waals surface area contributed by atoms with Gasteiger partial charge in [-0.05, 0) is 98.7 Å². The van der Waals surface area contributed by atoms with Crippen molar-refractivity contribution in [2.45, 2.75) is 102 Å². The maximum atomic E-state index is 14.5. The summed E-state index contributed by atoms with van der Waals surface area (Å²) >= 11 is 0. The lowest BCUT2D eigenvalue weighted by Crippen LogP contribution is -2.58. The van der Waals surface area contributed by atoms with E-state index in [0.717, 1.165) is 45.3 Å². The van der Waals surface area contributed by atoms with E-state index in [0.29, 0.717) is 35.9 Å². The molecule has 1 saturated carbocycles. The molecule has 0 unspecified atom stereocenters. The van der Waals surface area contributed by atoms with Crippen LogP contribution in [0.5, 0.6) is 0 Å². The van der Waals surface area contributed by atoms with E-state index < -0.39 is 29.6 Å². The van der Waals surface area contributed by atoms with Crippen LogP contribution >= 0.6 is 0 Å². The fraction of sp³-hybridized carbons (Fsp3) is 0.595. The summed E-state index contributed by atoms with van der Waals surface area (Å²) in [5.74, 6) is 0.0112. The number of nitrogens with one attached hydrogen (secondary N) is 2. The SMILES string of the molecule is CC(C)c1ccc(NC(=O)[C@H]2[C@H]3C=C[C@@]4(O3)[C@H]2C(=O)N(CCCN2CCC(Cc3ccccc3)CC2)[C@@H]4C(=O)N[C@@H]2CCC[C@H](C)[C@@H]2C)cc1. The number of fused-ring (bicyclic) bond motifs is 1. The molecule has 2 bridgehead atoms. The van der Waals surface area contributed by atoms with Crippen molar-refractivity contribution < 1.29 is 19.1 Å². The Morgan fingerprint density at radius 3 is 2.40 bits per heavy atom. The molecule has 2 N–H and O–H groups in total. The molecular formula is C42H56N4O4. The Kier molecular flexibility index (Phi) is 10.2. The van der Waals surface area contributed by atoms with Gasteiger partial charge in [0, 0.05) is 18.3 Å². The topological polar surface area (TPSA) is 91.0 Å². The predicted molar refractivity (Wildman–Crippen MR) is 196 cm³/mol. The minimum atomic E-state index is -1.14. The van der Waals surface area contributed by atoms with Gasteiger partial charge in [0.15, 0.2) is 0 Å². The van der Waals surface area contributed by atoms with Gasteiger partial charge in [-0.25, -0.2) is 0 Å². The molecule has 50 heavy (non-hydrogen) atoms. The number of piperidine rings is 1. The van der Waals surface area contributed by atoms with E-state index in [9.17, 15) is 14.4 Å². The minimum absolute atomic E-state index is 0.0614. The van der Waals surface area contributed by atoms with Crippen molar-refractivity contribution in [3.05, 3.63) is 77.9 Å². The summed E-state index contributed by atoms with van der Waals surface area (Å²) in [7, 11) is 0. The highest BCUT2D eigenvalue weighted by Gasteiger charge is 2.72. The molecule has 0 radical (unpaired) electrons. The van der Waals surface area contributed by atoms with Gasteiger partial charge >= 0.3 is 0 Å². The smallest absolute Gasteiger partial charge is 0.246 e. The van der Waals surface area contributed by atoms with Crippen LogP contribution in [0.1, 0.15) is 83.3 Å². The summed E-state index contributed by atoms with van der Waals surface area (Å²) in [4.78, 5) is 47.2. The molecule has 8 nitrogen and oxygen atoms in total. The van der Waals surface area contributed by atoms with E-state index in [-0.39, 0.29) is 23.8 Å². The van der Waals surface area contributed by atoms with Gasteiger partial charge < -0.3 is 25.2 Å². The lowest BCUT2D eigenvalue weighted by atomic mass is 9.73. The third kappa shape index (κ3) is 6.78. The van der Waals surface area contributed by atoms with Crippen molar-refractivity contribution in [3.63, 3.8) is 0 Å². The van der Waals surface area contributed by atoms with Gasteiger partial charge in [-0.15, -0.1) is 0 Å². The first-order valence-corrected chi connectivity index (χ1v) is 19.3. The summed E-state index contributed by atoms with van der Waals surface area (Å²) in [6, 6.07) is 17.9. The number of carbonyl (C=O) groups is 3. The number of ether oxygens (including phenoxy) is 1. The van der Waals surface area contributed by atoms with Crippen LogP contribution in [0.15, 0.2) is 66.7 Å². The quantitative estimate of drug-likeness (QED) is 0.277. The van der Waals surface area contributed by atoms with Gasteiger partial charge in [0.2, 0.25) is 17.7 Å². The first-order valence-electron chi connectivity index (χ1n) is 19.3. The number of hydrogen-bond acceptors (Lipinski definition) is 5. The van der Waals surface area contributed by atoms with E-state index in [1.807, 2.05) is 36.4 Å². The minimum Gasteiger partial charge on any atom is -0.359 e. The van der Waals surface area contributed by atoms with E-state index >= 15 is 0 Å². The number of anilines is 1. The molecule has 2 aromatic carbocycles. The molecule has 8 heteroatoms. The monoisotopic (exact) mass is 680 g/mol. The fourth-order valence-corrected chi connectivity index (χ4v) is 9.56. The van der Waals surface area contributed by atoms with Crippen LogP contribution in [0, 0.1) is 29.6 Å². The number of nitrogens with zero attached hydrogens (tertiary/aromatic N) is 2. The standard InChI is InChI=1S/C42H56N4O4/c1-27(2)32-14-16-33(17-15-32)43-39(47)36-35-18-21-42(50-35)37(36)41(49)46(38(42)40(48)44-34-13-8-10-28(3)29(34)4)23-9-22-45-24-19-31(20-25-45)26-30-11-6-5-7-12-30/h5-7,11-12,14-18,21,27-29,31,34-38H,8-10,13,19-20,22-26H2,1-4H3,(H,43,47)(H,44,48)/t28-,29-,34+,35+,36-,37+,38+,42+/m0/s1. The molecule has 4 aliphatic heterocycles. The second-order valence-electron chi connectivity index (χ2n) is 16.2. The Balaban J connectivity index is 1.05. The molecule has 7 rings (SSSR count). The maximum Gasteiger partial charge on any atom is 0.246 e. The molecular weight excluding hydrogens is 624 g/mol. The van der Waals surface area contributed by atoms with Crippen LogP contribution in [0.25, 0.3) is 0 Å². The highest BCUT2D eigenvalue weighted by atomic mass is 16.5. The molecule has 4 heterocycles. The molecule has 1 spiro atoms. The average Bonchev–Trinajstić information content (AvgIpc) is 3.75.